The highest BCUT2D eigenvalue weighted by molar-refractivity contribution is 9.09. The van der Waals surface area contributed by atoms with Gasteiger partial charge in [0.25, 0.3) is 0 Å². The predicted molar refractivity (Wildman–Crippen MR) is 35.2 cm³/mol. The van der Waals surface area contributed by atoms with E-state index in [2.05, 4.69) is 15.9 Å². The molecule has 0 aromatic carbocycles. The third-order valence-electron chi connectivity index (χ3n) is 0.581. The van der Waals surface area contributed by atoms with E-state index >= 15 is 0 Å². The van der Waals surface area contributed by atoms with Gasteiger partial charge in [0.05, 0.1) is 0 Å². The van der Waals surface area contributed by atoms with Gasteiger partial charge in [0.1, 0.15) is 0 Å². The smallest absolute Gasteiger partial charge is 0.328 e. The van der Waals surface area contributed by atoms with Gasteiger partial charge in [0.2, 0.25) is 0 Å². The van der Waals surface area contributed by atoms with Crippen molar-refractivity contribution >= 4 is 21.9 Å². The second-order valence-electron chi connectivity index (χ2n) is 1.46. The molecule has 0 aliphatic heterocycles. The number of hydrogen-bond acceptors (Lipinski definition) is 1. The van der Waals surface area contributed by atoms with E-state index in [-0.39, 0.29) is 0 Å². The normalized spacial score (nSPS) is 11.5. The zero-order chi connectivity index (χ0) is 6.57. The zero-order valence-corrected chi connectivity index (χ0v) is 6.10. The van der Waals surface area contributed by atoms with Crippen molar-refractivity contribution in [2.75, 3.05) is 5.33 Å². The number of carbonyl (C=O) groups is 1. The Kier molecular flexibility index (Phi) is 3.52. The first kappa shape index (κ1) is 7.69. The van der Waals surface area contributed by atoms with Crippen LogP contribution in [-0.4, -0.2) is 16.4 Å². The first-order chi connectivity index (χ1) is 3.66. The molecule has 0 atom stereocenters. The second kappa shape index (κ2) is 3.66. The van der Waals surface area contributed by atoms with Crippen LogP contribution in [0.25, 0.3) is 0 Å². The number of halogens is 1. The molecule has 0 aliphatic carbocycles. The Morgan fingerprint density at radius 2 is 2.38 bits per heavy atom. The molecule has 0 saturated heterocycles. The SMILES string of the molecule is CC(=CC(=O)O)CBr. The van der Waals surface area contributed by atoms with E-state index in [1.54, 1.807) is 6.92 Å². The summed E-state index contributed by atoms with van der Waals surface area (Å²) in [7, 11) is 0. The summed E-state index contributed by atoms with van der Waals surface area (Å²) >= 11 is 3.11. The number of carboxylic acid groups (broad SMARTS) is 1. The number of hydrogen-bond donors (Lipinski definition) is 1. The van der Waals surface area contributed by atoms with E-state index in [0.717, 1.165) is 5.57 Å². The average Bonchev–Trinajstić information content (AvgIpc) is 1.65. The van der Waals surface area contributed by atoms with E-state index in [4.69, 9.17) is 5.11 Å². The van der Waals surface area contributed by atoms with Crippen LogP contribution in [0.2, 0.25) is 0 Å². The van der Waals surface area contributed by atoms with Crippen molar-refractivity contribution in [3.05, 3.63) is 11.6 Å². The maximum absolute atomic E-state index is 9.87. The van der Waals surface area contributed by atoms with Crippen LogP contribution in [0.5, 0.6) is 0 Å². The van der Waals surface area contributed by atoms with Crippen molar-refractivity contribution in [2.45, 2.75) is 6.92 Å². The molecule has 8 heavy (non-hydrogen) atoms. The van der Waals surface area contributed by atoms with Crippen LogP contribution in [0, 0.1) is 0 Å². The molecule has 0 saturated carbocycles. The van der Waals surface area contributed by atoms with Crippen LogP contribution in [0.1, 0.15) is 6.92 Å². The fraction of sp³-hybridized carbons (Fsp3) is 0.400. The summed E-state index contributed by atoms with van der Waals surface area (Å²) in [5, 5.41) is 8.74. The molecule has 2 nitrogen and oxygen atoms in total. The van der Waals surface area contributed by atoms with Crippen LogP contribution >= 0.6 is 15.9 Å². The van der Waals surface area contributed by atoms with Gasteiger partial charge in [0, 0.05) is 11.4 Å². The summed E-state index contributed by atoms with van der Waals surface area (Å²) in [6, 6.07) is 0. The molecule has 0 bridgehead atoms. The molecule has 0 heterocycles. The van der Waals surface area contributed by atoms with E-state index in [0.29, 0.717) is 5.33 Å². The fourth-order valence-electron chi connectivity index (χ4n) is 0.249. The Hall–Kier alpha value is -0.310. The predicted octanol–water partition coefficient (Wildman–Crippen LogP) is 1.41. The topological polar surface area (TPSA) is 37.3 Å². The van der Waals surface area contributed by atoms with Crippen LogP contribution < -0.4 is 0 Å². The van der Waals surface area contributed by atoms with Crippen LogP contribution in [-0.2, 0) is 4.79 Å². The number of rotatable bonds is 2. The van der Waals surface area contributed by atoms with Gasteiger partial charge in [-0.05, 0) is 6.92 Å². The standard InChI is InChI=1S/C5H7BrO2/c1-4(3-6)2-5(7)8/h2H,3H2,1H3,(H,7,8). The van der Waals surface area contributed by atoms with Gasteiger partial charge in [-0.25, -0.2) is 4.79 Å². The Labute approximate surface area is 56.3 Å². The molecular weight excluding hydrogens is 172 g/mol. The number of carboxylic acids is 1. The Bertz CT molecular complexity index is 118. The molecule has 0 aromatic rings. The van der Waals surface area contributed by atoms with Crippen LogP contribution in [0.15, 0.2) is 11.6 Å². The molecule has 0 unspecified atom stereocenters. The average molecular weight is 179 g/mol. The zero-order valence-electron chi connectivity index (χ0n) is 4.52. The highest BCUT2D eigenvalue weighted by Gasteiger charge is 1.88. The third-order valence-corrected chi connectivity index (χ3v) is 1.47. The molecule has 0 radical (unpaired) electrons. The highest BCUT2D eigenvalue weighted by atomic mass is 79.9. The lowest BCUT2D eigenvalue weighted by atomic mass is 10.3. The van der Waals surface area contributed by atoms with Gasteiger partial charge in [0.15, 0.2) is 0 Å². The van der Waals surface area contributed by atoms with E-state index in [1.165, 1.54) is 6.08 Å². The second-order valence-corrected chi connectivity index (χ2v) is 2.02. The largest absolute Gasteiger partial charge is 0.478 e. The lowest BCUT2D eigenvalue weighted by Gasteiger charge is -1.86. The van der Waals surface area contributed by atoms with E-state index in [1.807, 2.05) is 0 Å². The van der Waals surface area contributed by atoms with Gasteiger partial charge >= 0.3 is 5.97 Å². The highest BCUT2D eigenvalue weighted by Crippen LogP contribution is 1.95. The van der Waals surface area contributed by atoms with Gasteiger partial charge in [-0.3, -0.25) is 0 Å². The first-order valence-electron chi connectivity index (χ1n) is 2.13. The van der Waals surface area contributed by atoms with E-state index in [9.17, 15) is 4.79 Å². The molecule has 0 rings (SSSR count). The van der Waals surface area contributed by atoms with Crippen molar-refractivity contribution in [3.8, 4) is 0 Å². The monoisotopic (exact) mass is 178 g/mol. The molecule has 0 aliphatic rings. The number of alkyl halides is 1. The first-order valence-corrected chi connectivity index (χ1v) is 3.25. The van der Waals surface area contributed by atoms with Gasteiger partial charge in [-0.15, -0.1) is 0 Å². The van der Waals surface area contributed by atoms with Crippen molar-refractivity contribution in [1.82, 2.24) is 0 Å². The fourth-order valence-corrected chi connectivity index (χ4v) is 0.411. The summed E-state index contributed by atoms with van der Waals surface area (Å²) < 4.78 is 0. The molecule has 46 valence electrons. The van der Waals surface area contributed by atoms with Gasteiger partial charge < -0.3 is 5.11 Å². The quantitative estimate of drug-likeness (QED) is 0.514. The van der Waals surface area contributed by atoms with Gasteiger partial charge in [-0.2, -0.15) is 0 Å². The molecule has 0 fully saturated rings. The Morgan fingerprint density at radius 3 is 2.50 bits per heavy atom. The van der Waals surface area contributed by atoms with Crippen molar-refractivity contribution in [2.24, 2.45) is 0 Å². The van der Waals surface area contributed by atoms with Crippen molar-refractivity contribution < 1.29 is 9.90 Å². The summed E-state index contributed by atoms with van der Waals surface area (Å²) in [4.78, 5) is 9.87. The Balaban J connectivity index is 3.75. The van der Waals surface area contributed by atoms with Crippen LogP contribution in [0.3, 0.4) is 0 Å². The number of allylic oxidation sites excluding steroid dienone is 1. The van der Waals surface area contributed by atoms with Crippen molar-refractivity contribution in [3.63, 3.8) is 0 Å². The minimum absolute atomic E-state index is 0.624. The third kappa shape index (κ3) is 3.87. The lowest BCUT2D eigenvalue weighted by Crippen LogP contribution is -1.89. The summed E-state index contributed by atoms with van der Waals surface area (Å²) in [5.41, 5.74) is 0.817. The molecule has 1 N–H and O–H groups in total. The number of aliphatic carboxylic acids is 1. The van der Waals surface area contributed by atoms with Crippen LogP contribution in [0.4, 0.5) is 0 Å². The minimum Gasteiger partial charge on any atom is -0.478 e. The summed E-state index contributed by atoms with van der Waals surface area (Å²) in [5.74, 6) is -0.887. The molecule has 0 aromatic heterocycles. The summed E-state index contributed by atoms with van der Waals surface area (Å²) in [6.45, 7) is 1.75. The van der Waals surface area contributed by atoms with Gasteiger partial charge in [-0.1, -0.05) is 21.5 Å². The molecular formula is C5H7BrO2. The van der Waals surface area contributed by atoms with Crippen molar-refractivity contribution in [1.29, 1.82) is 0 Å². The maximum atomic E-state index is 9.87. The lowest BCUT2D eigenvalue weighted by molar-refractivity contribution is -0.131. The molecule has 3 heteroatoms. The molecule has 0 spiro atoms. The molecule has 0 amide bonds. The minimum atomic E-state index is -0.887. The Morgan fingerprint density at radius 1 is 1.88 bits per heavy atom. The summed E-state index contributed by atoms with van der Waals surface area (Å²) in [6.07, 6.45) is 1.18. The maximum Gasteiger partial charge on any atom is 0.328 e. The van der Waals surface area contributed by atoms with E-state index < -0.39 is 5.97 Å².